The quantitative estimate of drug-likeness (QED) is 0.858. The summed E-state index contributed by atoms with van der Waals surface area (Å²) in [5.41, 5.74) is 6.34. The number of nitrogens with two attached hydrogens (primary N) is 1. The van der Waals surface area contributed by atoms with E-state index in [4.69, 9.17) is 10.5 Å². The van der Waals surface area contributed by atoms with Crippen LogP contribution in [0.3, 0.4) is 0 Å². The molecule has 108 valence electrons. The molecule has 0 aromatic heterocycles. The number of fused-ring (bicyclic) bond motifs is 2. The Hall–Kier alpha value is -1.75. The van der Waals surface area contributed by atoms with Crippen LogP contribution in [0.25, 0.3) is 0 Å². The second kappa shape index (κ2) is 4.98. The highest BCUT2D eigenvalue weighted by molar-refractivity contribution is 5.98. The Bertz CT molecular complexity index is 518. The fourth-order valence-corrected chi connectivity index (χ4v) is 3.55. The van der Waals surface area contributed by atoms with Crippen molar-refractivity contribution in [1.82, 2.24) is 4.90 Å². The van der Waals surface area contributed by atoms with E-state index in [9.17, 15) is 9.90 Å². The number of phenolic OH excluding ortho intramolecular Hbond substituents is 1. The summed E-state index contributed by atoms with van der Waals surface area (Å²) >= 11 is 0. The Morgan fingerprint density at radius 2 is 2.00 bits per heavy atom. The lowest BCUT2D eigenvalue weighted by molar-refractivity contribution is 0.0571. The van der Waals surface area contributed by atoms with E-state index in [2.05, 4.69) is 0 Å². The molecule has 2 atom stereocenters. The zero-order valence-electron chi connectivity index (χ0n) is 11.6. The number of carbonyl (C=O) groups is 1. The largest absolute Gasteiger partial charge is 0.504 e. The van der Waals surface area contributed by atoms with Crippen molar-refractivity contribution in [2.45, 2.75) is 43.8 Å². The van der Waals surface area contributed by atoms with E-state index < -0.39 is 0 Å². The van der Waals surface area contributed by atoms with E-state index in [-0.39, 0.29) is 29.8 Å². The average molecular weight is 276 g/mol. The number of piperidine rings is 1. The van der Waals surface area contributed by atoms with Gasteiger partial charge in [0.15, 0.2) is 11.5 Å². The van der Waals surface area contributed by atoms with Crippen molar-refractivity contribution < 1.29 is 14.6 Å². The molecule has 3 N–H and O–H groups in total. The number of methoxy groups -OCH3 is 1. The molecule has 2 aliphatic rings. The highest BCUT2D eigenvalue weighted by Gasteiger charge is 2.43. The number of ether oxygens (including phenoxy) is 1. The maximum atomic E-state index is 12.7. The molecule has 5 nitrogen and oxygen atoms in total. The normalized spacial score (nSPS) is 28.5. The van der Waals surface area contributed by atoms with Crippen molar-refractivity contribution in [2.75, 3.05) is 7.11 Å². The fraction of sp³-hybridized carbons (Fsp3) is 0.533. The van der Waals surface area contributed by atoms with E-state index in [1.54, 1.807) is 18.2 Å². The molecule has 2 heterocycles. The van der Waals surface area contributed by atoms with Crippen molar-refractivity contribution in [3.8, 4) is 11.5 Å². The Kier molecular flexibility index (Phi) is 3.30. The van der Waals surface area contributed by atoms with Crippen molar-refractivity contribution in [3.63, 3.8) is 0 Å². The first kappa shape index (κ1) is 13.2. The second-order valence-corrected chi connectivity index (χ2v) is 5.69. The number of rotatable bonds is 2. The lowest BCUT2D eigenvalue weighted by Crippen LogP contribution is -2.50. The van der Waals surface area contributed by atoms with E-state index in [1.165, 1.54) is 7.11 Å². The molecule has 2 fully saturated rings. The molecule has 1 aromatic rings. The first-order valence-corrected chi connectivity index (χ1v) is 7.06. The fourth-order valence-electron chi connectivity index (χ4n) is 3.55. The van der Waals surface area contributed by atoms with Gasteiger partial charge in [0.2, 0.25) is 0 Å². The zero-order valence-corrected chi connectivity index (χ0v) is 11.6. The molecule has 0 aliphatic carbocycles. The van der Waals surface area contributed by atoms with Gasteiger partial charge in [0.1, 0.15) is 0 Å². The van der Waals surface area contributed by atoms with Crippen LogP contribution in [0, 0.1) is 0 Å². The maximum Gasteiger partial charge on any atom is 0.258 e. The third-order valence-corrected chi connectivity index (χ3v) is 4.45. The number of benzene rings is 1. The van der Waals surface area contributed by atoms with Crippen LogP contribution in [0.4, 0.5) is 0 Å². The van der Waals surface area contributed by atoms with Crippen molar-refractivity contribution >= 4 is 5.91 Å². The Balaban J connectivity index is 1.90. The molecular weight excluding hydrogens is 256 g/mol. The third-order valence-electron chi connectivity index (χ3n) is 4.45. The van der Waals surface area contributed by atoms with Gasteiger partial charge in [-0.15, -0.1) is 0 Å². The monoisotopic (exact) mass is 276 g/mol. The van der Waals surface area contributed by atoms with E-state index in [1.807, 2.05) is 4.90 Å². The van der Waals surface area contributed by atoms with Gasteiger partial charge in [-0.25, -0.2) is 0 Å². The third kappa shape index (κ3) is 2.02. The molecule has 2 aliphatic heterocycles. The molecule has 0 radical (unpaired) electrons. The highest BCUT2D eigenvalue weighted by Crippen LogP contribution is 2.38. The number of phenols is 1. The van der Waals surface area contributed by atoms with Gasteiger partial charge in [-0.3, -0.25) is 4.79 Å². The summed E-state index contributed by atoms with van der Waals surface area (Å²) in [6, 6.07) is 5.63. The summed E-state index contributed by atoms with van der Waals surface area (Å²) in [4.78, 5) is 14.6. The molecule has 2 unspecified atom stereocenters. The predicted molar refractivity (Wildman–Crippen MR) is 74.8 cm³/mol. The van der Waals surface area contributed by atoms with Crippen LogP contribution < -0.4 is 10.5 Å². The van der Waals surface area contributed by atoms with Crippen molar-refractivity contribution in [2.24, 2.45) is 5.73 Å². The number of hydrogen-bond donors (Lipinski definition) is 2. The number of carbonyl (C=O) groups excluding carboxylic acids is 1. The van der Waals surface area contributed by atoms with Crippen LogP contribution in [0.15, 0.2) is 18.2 Å². The second-order valence-electron chi connectivity index (χ2n) is 5.69. The average Bonchev–Trinajstić information content (AvgIpc) is 2.70. The van der Waals surface area contributed by atoms with Crippen LogP contribution in [0.2, 0.25) is 0 Å². The van der Waals surface area contributed by atoms with Gasteiger partial charge in [0, 0.05) is 18.1 Å². The summed E-state index contributed by atoms with van der Waals surface area (Å²) in [6.07, 6.45) is 3.73. The molecular formula is C15H20N2O3. The molecule has 2 bridgehead atoms. The minimum absolute atomic E-state index is 0.0747. The van der Waals surface area contributed by atoms with Crippen LogP contribution in [0.5, 0.6) is 11.5 Å². The first-order chi connectivity index (χ1) is 9.61. The van der Waals surface area contributed by atoms with Crippen LogP contribution in [-0.4, -0.2) is 41.1 Å². The van der Waals surface area contributed by atoms with Gasteiger partial charge in [0.25, 0.3) is 5.91 Å². The summed E-state index contributed by atoms with van der Waals surface area (Å²) in [5.74, 6) is 0.145. The molecule has 3 rings (SSSR count). The highest BCUT2D eigenvalue weighted by atomic mass is 16.5. The maximum absolute atomic E-state index is 12.7. The molecule has 0 saturated carbocycles. The van der Waals surface area contributed by atoms with E-state index >= 15 is 0 Å². The zero-order chi connectivity index (χ0) is 14.3. The number of para-hydroxylation sites is 1. The summed E-state index contributed by atoms with van der Waals surface area (Å²) in [6.45, 7) is 0. The topological polar surface area (TPSA) is 75.8 Å². The Morgan fingerprint density at radius 1 is 1.35 bits per heavy atom. The number of hydrogen-bond acceptors (Lipinski definition) is 4. The van der Waals surface area contributed by atoms with Crippen LogP contribution in [-0.2, 0) is 0 Å². The molecule has 2 saturated heterocycles. The van der Waals surface area contributed by atoms with E-state index in [0.717, 1.165) is 25.7 Å². The summed E-state index contributed by atoms with van der Waals surface area (Å²) < 4.78 is 5.07. The van der Waals surface area contributed by atoms with Crippen molar-refractivity contribution in [1.29, 1.82) is 0 Å². The number of amides is 1. The standard InChI is InChI=1S/C15H20N2O3/c1-20-13-4-2-3-12(14(13)18)15(19)17-10-5-6-11(17)8-9(16)7-10/h2-4,9-11,18H,5-8,16H2,1H3. The Labute approximate surface area is 118 Å². The molecule has 20 heavy (non-hydrogen) atoms. The summed E-state index contributed by atoms with van der Waals surface area (Å²) in [7, 11) is 1.48. The van der Waals surface area contributed by atoms with Crippen molar-refractivity contribution in [3.05, 3.63) is 23.8 Å². The number of aromatic hydroxyl groups is 1. The molecule has 5 heteroatoms. The van der Waals surface area contributed by atoms with Crippen LogP contribution in [0.1, 0.15) is 36.0 Å². The van der Waals surface area contributed by atoms with Crippen LogP contribution >= 0.6 is 0 Å². The smallest absolute Gasteiger partial charge is 0.258 e. The SMILES string of the molecule is COc1cccc(C(=O)N2C3CCC2CC(N)C3)c1O. The summed E-state index contributed by atoms with van der Waals surface area (Å²) in [5, 5.41) is 10.1. The molecule has 1 aromatic carbocycles. The van der Waals surface area contributed by atoms with Gasteiger partial charge < -0.3 is 20.5 Å². The van der Waals surface area contributed by atoms with E-state index in [0.29, 0.717) is 11.3 Å². The minimum Gasteiger partial charge on any atom is -0.504 e. The van der Waals surface area contributed by atoms with Gasteiger partial charge in [-0.1, -0.05) is 6.07 Å². The molecule has 0 spiro atoms. The molecule has 1 amide bonds. The van der Waals surface area contributed by atoms with Gasteiger partial charge in [-0.05, 0) is 37.8 Å². The Morgan fingerprint density at radius 3 is 2.60 bits per heavy atom. The number of nitrogens with zero attached hydrogens (tertiary/aromatic N) is 1. The van der Waals surface area contributed by atoms with Gasteiger partial charge in [0.05, 0.1) is 12.7 Å². The predicted octanol–water partition coefficient (Wildman–Crippen LogP) is 1.50. The lowest BCUT2D eigenvalue weighted by atomic mass is 9.97. The first-order valence-electron chi connectivity index (χ1n) is 7.06. The lowest BCUT2D eigenvalue weighted by Gasteiger charge is -2.37. The minimum atomic E-state index is -0.110. The van der Waals surface area contributed by atoms with Gasteiger partial charge >= 0.3 is 0 Å². The van der Waals surface area contributed by atoms with Gasteiger partial charge in [-0.2, -0.15) is 0 Å².